The van der Waals surface area contributed by atoms with Gasteiger partial charge in [0.05, 0.1) is 0 Å². The number of rotatable bonds is 2. The van der Waals surface area contributed by atoms with Crippen molar-refractivity contribution in [2.75, 3.05) is 0 Å². The number of benzene rings is 1. The number of hydrogen-bond acceptors (Lipinski definition) is 2. The van der Waals surface area contributed by atoms with Crippen LogP contribution in [0.15, 0.2) is 6.07 Å². The van der Waals surface area contributed by atoms with Crippen LogP contribution in [0.3, 0.4) is 0 Å². The average molecular weight is 234 g/mol. The van der Waals surface area contributed by atoms with Crippen molar-refractivity contribution in [3.63, 3.8) is 0 Å². The highest BCUT2D eigenvalue weighted by Gasteiger charge is 2.32. The summed E-state index contributed by atoms with van der Waals surface area (Å²) >= 11 is 0. The molecule has 1 aromatic carbocycles. The van der Waals surface area contributed by atoms with Crippen LogP contribution >= 0.6 is 0 Å². The number of aromatic hydroxyl groups is 1. The van der Waals surface area contributed by atoms with Gasteiger partial charge in [0.2, 0.25) is 0 Å². The van der Waals surface area contributed by atoms with Crippen LogP contribution in [0.4, 0.5) is 0 Å². The Balaban J connectivity index is 2.41. The Bertz CT molecular complexity index is 437. The van der Waals surface area contributed by atoms with Gasteiger partial charge in [-0.2, -0.15) is 0 Å². The molecule has 0 aromatic heterocycles. The molecule has 94 valence electrons. The molecular weight excluding hydrogens is 212 g/mol. The van der Waals surface area contributed by atoms with Gasteiger partial charge in [0.25, 0.3) is 0 Å². The summed E-state index contributed by atoms with van der Waals surface area (Å²) in [6, 6.07) is 1.86. The summed E-state index contributed by atoms with van der Waals surface area (Å²) in [7, 11) is 0. The van der Waals surface area contributed by atoms with Crippen molar-refractivity contribution in [1.82, 2.24) is 0 Å². The van der Waals surface area contributed by atoms with Gasteiger partial charge >= 0.3 is 0 Å². The Hall–Kier alpha value is -1.18. The standard InChI is InChI=1S/C15H22O2/c1-5-7-15(4)8-6-12-9-13(16)10(2)11(3)14(12)17-15/h9,16H,5-8H2,1-4H3/t15-/m1/s1. The van der Waals surface area contributed by atoms with Crippen molar-refractivity contribution in [1.29, 1.82) is 0 Å². The maximum Gasteiger partial charge on any atom is 0.126 e. The van der Waals surface area contributed by atoms with Crippen molar-refractivity contribution in [3.05, 3.63) is 22.8 Å². The maximum atomic E-state index is 9.83. The minimum absolute atomic E-state index is 0.0318. The second-order valence-electron chi connectivity index (χ2n) is 5.44. The third kappa shape index (κ3) is 2.13. The first-order chi connectivity index (χ1) is 7.97. The van der Waals surface area contributed by atoms with Crippen molar-refractivity contribution >= 4 is 0 Å². The van der Waals surface area contributed by atoms with E-state index in [1.54, 1.807) is 0 Å². The van der Waals surface area contributed by atoms with Gasteiger partial charge in [-0.1, -0.05) is 13.3 Å². The molecule has 2 rings (SSSR count). The fourth-order valence-electron chi connectivity index (χ4n) is 2.67. The third-order valence-corrected chi connectivity index (χ3v) is 3.94. The molecule has 0 saturated heterocycles. The van der Waals surface area contributed by atoms with Gasteiger partial charge in [0, 0.05) is 0 Å². The maximum absolute atomic E-state index is 9.83. The molecule has 1 aromatic rings. The Morgan fingerprint density at radius 2 is 2.06 bits per heavy atom. The van der Waals surface area contributed by atoms with E-state index in [4.69, 9.17) is 4.74 Å². The number of phenols is 1. The summed E-state index contributed by atoms with van der Waals surface area (Å²) in [5.41, 5.74) is 3.14. The summed E-state index contributed by atoms with van der Waals surface area (Å²) in [6.07, 6.45) is 4.27. The summed E-state index contributed by atoms with van der Waals surface area (Å²) in [6.45, 7) is 8.37. The lowest BCUT2D eigenvalue weighted by atomic mass is 9.87. The Morgan fingerprint density at radius 1 is 1.35 bits per heavy atom. The van der Waals surface area contributed by atoms with Crippen LogP contribution in [0.2, 0.25) is 0 Å². The first-order valence-corrected chi connectivity index (χ1v) is 6.48. The zero-order valence-electron chi connectivity index (χ0n) is 11.3. The van der Waals surface area contributed by atoms with E-state index in [2.05, 4.69) is 13.8 Å². The average Bonchev–Trinajstić information content (AvgIpc) is 2.28. The molecule has 0 amide bonds. The van der Waals surface area contributed by atoms with E-state index in [0.29, 0.717) is 5.75 Å². The van der Waals surface area contributed by atoms with Gasteiger partial charge in [0.1, 0.15) is 17.1 Å². The summed E-state index contributed by atoms with van der Waals surface area (Å²) < 4.78 is 6.22. The molecule has 0 unspecified atom stereocenters. The molecule has 1 aliphatic rings. The molecule has 1 atom stereocenters. The number of fused-ring (bicyclic) bond motifs is 1. The fraction of sp³-hybridized carbons (Fsp3) is 0.600. The molecule has 1 aliphatic heterocycles. The number of ether oxygens (including phenoxy) is 1. The monoisotopic (exact) mass is 234 g/mol. The van der Waals surface area contributed by atoms with Crippen molar-refractivity contribution in [2.45, 2.75) is 59.0 Å². The smallest absolute Gasteiger partial charge is 0.126 e. The molecule has 0 saturated carbocycles. The van der Waals surface area contributed by atoms with Crippen LogP contribution in [0.5, 0.6) is 11.5 Å². The SMILES string of the molecule is CCC[C@]1(C)CCc2cc(O)c(C)c(C)c2O1. The molecule has 0 aliphatic carbocycles. The van der Waals surface area contributed by atoms with Gasteiger partial charge in [-0.05, 0) is 62.8 Å². The quantitative estimate of drug-likeness (QED) is 0.841. The molecular formula is C15H22O2. The first-order valence-electron chi connectivity index (χ1n) is 6.48. The van der Waals surface area contributed by atoms with Crippen molar-refractivity contribution in [2.24, 2.45) is 0 Å². The zero-order valence-corrected chi connectivity index (χ0v) is 11.3. The molecule has 0 fully saturated rings. The summed E-state index contributed by atoms with van der Waals surface area (Å²) in [5, 5.41) is 9.83. The third-order valence-electron chi connectivity index (χ3n) is 3.94. The van der Waals surface area contributed by atoms with E-state index < -0.39 is 0 Å². The number of hydrogen-bond donors (Lipinski definition) is 1. The molecule has 2 heteroatoms. The molecule has 17 heavy (non-hydrogen) atoms. The van der Waals surface area contributed by atoms with E-state index in [1.165, 1.54) is 0 Å². The van der Waals surface area contributed by atoms with E-state index in [0.717, 1.165) is 48.1 Å². The van der Waals surface area contributed by atoms with Gasteiger partial charge in [0.15, 0.2) is 0 Å². The molecule has 1 heterocycles. The zero-order chi connectivity index (χ0) is 12.6. The van der Waals surface area contributed by atoms with Gasteiger partial charge in [-0.25, -0.2) is 0 Å². The normalized spacial score (nSPS) is 23.1. The predicted molar refractivity (Wildman–Crippen MR) is 69.8 cm³/mol. The van der Waals surface area contributed by atoms with Gasteiger partial charge < -0.3 is 9.84 Å². The minimum atomic E-state index is -0.0318. The minimum Gasteiger partial charge on any atom is -0.508 e. The molecule has 2 nitrogen and oxygen atoms in total. The highest BCUT2D eigenvalue weighted by Crippen LogP contribution is 2.41. The summed E-state index contributed by atoms with van der Waals surface area (Å²) in [5.74, 6) is 1.39. The molecule has 0 spiro atoms. The Labute approximate surface area is 104 Å². The van der Waals surface area contributed by atoms with Crippen LogP contribution < -0.4 is 4.74 Å². The van der Waals surface area contributed by atoms with E-state index in [9.17, 15) is 5.11 Å². The van der Waals surface area contributed by atoms with Gasteiger partial charge in [-0.3, -0.25) is 0 Å². The largest absolute Gasteiger partial charge is 0.508 e. The van der Waals surface area contributed by atoms with Crippen LogP contribution in [0.25, 0.3) is 0 Å². The second-order valence-corrected chi connectivity index (χ2v) is 5.44. The van der Waals surface area contributed by atoms with Gasteiger partial charge in [-0.15, -0.1) is 0 Å². The van der Waals surface area contributed by atoms with E-state index in [1.807, 2.05) is 19.9 Å². The van der Waals surface area contributed by atoms with Crippen LogP contribution in [0, 0.1) is 13.8 Å². The Morgan fingerprint density at radius 3 is 2.71 bits per heavy atom. The van der Waals surface area contributed by atoms with Crippen LogP contribution in [-0.4, -0.2) is 10.7 Å². The predicted octanol–water partition coefficient (Wildman–Crippen LogP) is 3.89. The highest BCUT2D eigenvalue weighted by atomic mass is 16.5. The van der Waals surface area contributed by atoms with Crippen LogP contribution in [-0.2, 0) is 6.42 Å². The summed E-state index contributed by atoms with van der Waals surface area (Å²) in [4.78, 5) is 0. The van der Waals surface area contributed by atoms with Crippen LogP contribution in [0.1, 0.15) is 49.8 Å². The first kappa shape index (κ1) is 12.3. The van der Waals surface area contributed by atoms with Crippen molar-refractivity contribution < 1.29 is 9.84 Å². The lowest BCUT2D eigenvalue weighted by molar-refractivity contribution is 0.0544. The number of aryl methyl sites for hydroxylation is 1. The topological polar surface area (TPSA) is 29.5 Å². The van der Waals surface area contributed by atoms with E-state index >= 15 is 0 Å². The highest BCUT2D eigenvalue weighted by molar-refractivity contribution is 5.53. The molecule has 1 N–H and O–H groups in total. The van der Waals surface area contributed by atoms with Crippen molar-refractivity contribution in [3.8, 4) is 11.5 Å². The Kier molecular flexibility index (Phi) is 3.07. The second kappa shape index (κ2) is 4.25. The fourth-order valence-corrected chi connectivity index (χ4v) is 2.67. The molecule has 0 bridgehead atoms. The molecule has 0 radical (unpaired) electrons. The lowest BCUT2D eigenvalue weighted by Crippen LogP contribution is -2.36. The lowest BCUT2D eigenvalue weighted by Gasteiger charge is -2.37. The number of phenolic OH excluding ortho intramolecular Hbond substituents is 1. The van der Waals surface area contributed by atoms with E-state index in [-0.39, 0.29) is 5.60 Å².